The Morgan fingerprint density at radius 2 is 2.30 bits per heavy atom. The summed E-state index contributed by atoms with van der Waals surface area (Å²) in [6.07, 6.45) is 2.63. The summed E-state index contributed by atoms with van der Waals surface area (Å²) in [6, 6.07) is 2.88. The van der Waals surface area contributed by atoms with Gasteiger partial charge >= 0.3 is 0 Å². The summed E-state index contributed by atoms with van der Waals surface area (Å²) in [5.41, 5.74) is 0.118. The van der Waals surface area contributed by atoms with Gasteiger partial charge in [0.2, 0.25) is 0 Å². The minimum Gasteiger partial charge on any atom is -0.396 e. The second-order valence-corrected chi connectivity index (χ2v) is 5.22. The minimum atomic E-state index is -0.185. The van der Waals surface area contributed by atoms with Crippen LogP contribution in [0.25, 0.3) is 0 Å². The van der Waals surface area contributed by atoms with Gasteiger partial charge < -0.3 is 10.0 Å². The van der Waals surface area contributed by atoms with Gasteiger partial charge in [0, 0.05) is 32.3 Å². The number of aliphatic hydroxyl groups is 1. The maximum Gasteiger partial charge on any atom is 0.274 e. The molecule has 0 aliphatic carbocycles. The molecule has 0 radical (unpaired) electrons. The smallest absolute Gasteiger partial charge is 0.274 e. The molecule has 6 heteroatoms. The molecule has 20 heavy (non-hydrogen) atoms. The third-order valence-corrected chi connectivity index (χ3v) is 3.59. The van der Waals surface area contributed by atoms with Gasteiger partial charge in [-0.2, -0.15) is 5.10 Å². The van der Waals surface area contributed by atoms with Gasteiger partial charge in [0.05, 0.1) is 0 Å². The first kappa shape index (κ1) is 14.7. The number of aromatic nitrogens is 2. The number of rotatable bonds is 4. The molecule has 1 aromatic rings. The molecule has 1 fully saturated rings. The number of hydrogen-bond donors (Lipinski definition) is 1. The molecular formula is C14H21N3O3. The van der Waals surface area contributed by atoms with Gasteiger partial charge in [0.15, 0.2) is 0 Å². The molecule has 2 heterocycles. The number of amides is 1. The number of aryl methyl sites for hydroxylation is 1. The zero-order chi connectivity index (χ0) is 14.5. The monoisotopic (exact) mass is 279 g/mol. The third-order valence-electron chi connectivity index (χ3n) is 3.59. The summed E-state index contributed by atoms with van der Waals surface area (Å²) < 4.78 is 1.33. The lowest BCUT2D eigenvalue weighted by atomic mass is 9.99. The number of likely N-dealkylation sites (tertiary alicyclic amines) is 1. The lowest BCUT2D eigenvalue weighted by Gasteiger charge is -2.31. The molecular weight excluding hydrogens is 258 g/mol. The van der Waals surface area contributed by atoms with E-state index in [0.717, 1.165) is 19.3 Å². The van der Waals surface area contributed by atoms with Crippen molar-refractivity contribution < 1.29 is 9.90 Å². The molecule has 0 aromatic carbocycles. The summed E-state index contributed by atoms with van der Waals surface area (Å²) >= 11 is 0. The first-order valence-electron chi connectivity index (χ1n) is 7.14. The molecule has 1 saturated heterocycles. The van der Waals surface area contributed by atoms with Crippen LogP contribution in [0.15, 0.2) is 16.9 Å². The van der Waals surface area contributed by atoms with Crippen LogP contribution in [0, 0.1) is 5.92 Å². The Balaban J connectivity index is 2.16. The van der Waals surface area contributed by atoms with E-state index < -0.39 is 0 Å². The molecule has 1 aliphatic rings. The van der Waals surface area contributed by atoms with E-state index in [1.165, 1.54) is 16.8 Å². The lowest BCUT2D eigenvalue weighted by molar-refractivity contribution is 0.0612. The average Bonchev–Trinajstić information content (AvgIpc) is 2.49. The van der Waals surface area contributed by atoms with E-state index in [1.54, 1.807) is 4.90 Å². The van der Waals surface area contributed by atoms with Crippen molar-refractivity contribution in [3.8, 4) is 0 Å². The molecule has 1 atom stereocenters. The average molecular weight is 279 g/mol. The SMILES string of the molecule is CCCn1nc(C(=O)N2CCCC(CO)C2)ccc1=O. The lowest BCUT2D eigenvalue weighted by Crippen LogP contribution is -2.42. The quantitative estimate of drug-likeness (QED) is 0.870. The van der Waals surface area contributed by atoms with Crippen molar-refractivity contribution in [3.63, 3.8) is 0 Å². The van der Waals surface area contributed by atoms with Gasteiger partial charge in [-0.05, 0) is 31.2 Å². The Hall–Kier alpha value is -1.69. The second kappa shape index (κ2) is 6.65. The zero-order valence-electron chi connectivity index (χ0n) is 11.8. The number of hydrogen-bond acceptors (Lipinski definition) is 4. The molecule has 1 N–H and O–H groups in total. The van der Waals surface area contributed by atoms with E-state index in [1.807, 2.05) is 6.92 Å². The zero-order valence-corrected chi connectivity index (χ0v) is 11.8. The van der Waals surface area contributed by atoms with Gasteiger partial charge in [0.1, 0.15) is 5.69 Å². The number of aliphatic hydroxyl groups excluding tert-OH is 1. The highest BCUT2D eigenvalue weighted by Crippen LogP contribution is 2.17. The minimum absolute atomic E-state index is 0.104. The van der Waals surface area contributed by atoms with Crippen molar-refractivity contribution in [2.75, 3.05) is 19.7 Å². The fourth-order valence-corrected chi connectivity index (χ4v) is 2.50. The van der Waals surface area contributed by atoms with Gasteiger partial charge in [-0.1, -0.05) is 6.92 Å². The Bertz CT molecular complexity index is 527. The Labute approximate surface area is 118 Å². The van der Waals surface area contributed by atoms with E-state index in [2.05, 4.69) is 5.10 Å². The first-order valence-corrected chi connectivity index (χ1v) is 7.14. The van der Waals surface area contributed by atoms with Crippen LogP contribution in [-0.2, 0) is 6.54 Å². The molecule has 2 rings (SSSR count). The van der Waals surface area contributed by atoms with E-state index in [-0.39, 0.29) is 24.0 Å². The number of carbonyl (C=O) groups excluding carboxylic acids is 1. The number of piperidine rings is 1. The van der Waals surface area contributed by atoms with E-state index >= 15 is 0 Å². The standard InChI is InChI=1S/C14H21N3O3/c1-2-7-17-13(19)6-5-12(15-17)14(20)16-8-3-4-11(9-16)10-18/h5-6,11,18H,2-4,7-10H2,1H3. The highest BCUT2D eigenvalue weighted by atomic mass is 16.3. The van der Waals surface area contributed by atoms with Crippen molar-refractivity contribution in [3.05, 3.63) is 28.2 Å². The van der Waals surface area contributed by atoms with Crippen LogP contribution in [0.5, 0.6) is 0 Å². The van der Waals surface area contributed by atoms with E-state index in [0.29, 0.717) is 25.3 Å². The van der Waals surface area contributed by atoms with Gasteiger partial charge in [-0.3, -0.25) is 9.59 Å². The Morgan fingerprint density at radius 1 is 1.50 bits per heavy atom. The first-order chi connectivity index (χ1) is 9.65. The topological polar surface area (TPSA) is 75.4 Å². The van der Waals surface area contributed by atoms with Crippen LogP contribution < -0.4 is 5.56 Å². The molecule has 1 aromatic heterocycles. The van der Waals surface area contributed by atoms with Crippen molar-refractivity contribution >= 4 is 5.91 Å². The highest BCUT2D eigenvalue weighted by molar-refractivity contribution is 5.92. The van der Waals surface area contributed by atoms with Crippen LogP contribution in [-0.4, -0.2) is 45.4 Å². The Morgan fingerprint density at radius 3 is 3.00 bits per heavy atom. The van der Waals surface area contributed by atoms with Crippen LogP contribution in [0.2, 0.25) is 0 Å². The largest absolute Gasteiger partial charge is 0.396 e. The number of carbonyl (C=O) groups is 1. The fourth-order valence-electron chi connectivity index (χ4n) is 2.50. The van der Waals surface area contributed by atoms with Crippen LogP contribution >= 0.6 is 0 Å². The highest BCUT2D eigenvalue weighted by Gasteiger charge is 2.25. The normalized spacial score (nSPS) is 19.1. The van der Waals surface area contributed by atoms with Crippen molar-refractivity contribution in [1.29, 1.82) is 0 Å². The molecule has 1 unspecified atom stereocenters. The molecule has 0 spiro atoms. The van der Waals surface area contributed by atoms with Crippen LogP contribution in [0.3, 0.4) is 0 Å². The molecule has 6 nitrogen and oxygen atoms in total. The van der Waals surface area contributed by atoms with Crippen molar-refractivity contribution in [1.82, 2.24) is 14.7 Å². The van der Waals surface area contributed by atoms with Gasteiger partial charge in [-0.25, -0.2) is 4.68 Å². The summed E-state index contributed by atoms with van der Waals surface area (Å²) in [4.78, 5) is 25.7. The summed E-state index contributed by atoms with van der Waals surface area (Å²) in [5, 5.41) is 13.4. The Kier molecular flexibility index (Phi) is 4.89. The van der Waals surface area contributed by atoms with E-state index in [9.17, 15) is 14.7 Å². The second-order valence-electron chi connectivity index (χ2n) is 5.22. The summed E-state index contributed by atoms with van der Waals surface area (Å²) in [6.45, 7) is 3.82. The molecule has 0 saturated carbocycles. The predicted octanol–water partition coefficient (Wildman–Crippen LogP) is 0.498. The number of nitrogens with zero attached hydrogens (tertiary/aromatic N) is 3. The maximum absolute atomic E-state index is 12.4. The van der Waals surface area contributed by atoms with E-state index in [4.69, 9.17) is 0 Å². The van der Waals surface area contributed by atoms with Crippen LogP contribution in [0.1, 0.15) is 36.7 Å². The van der Waals surface area contributed by atoms with Crippen molar-refractivity contribution in [2.45, 2.75) is 32.7 Å². The van der Waals surface area contributed by atoms with Crippen molar-refractivity contribution in [2.24, 2.45) is 5.92 Å². The summed E-state index contributed by atoms with van der Waals surface area (Å²) in [7, 11) is 0. The van der Waals surface area contributed by atoms with Crippen LogP contribution in [0.4, 0.5) is 0 Å². The molecule has 1 amide bonds. The summed E-state index contributed by atoms with van der Waals surface area (Å²) in [5.74, 6) is -0.0118. The molecule has 110 valence electrons. The third kappa shape index (κ3) is 3.25. The van der Waals surface area contributed by atoms with Gasteiger partial charge in [-0.15, -0.1) is 0 Å². The molecule has 1 aliphatic heterocycles. The predicted molar refractivity (Wildman–Crippen MR) is 74.5 cm³/mol. The maximum atomic E-state index is 12.4. The van der Waals surface area contributed by atoms with Gasteiger partial charge in [0.25, 0.3) is 11.5 Å². The fraction of sp³-hybridized carbons (Fsp3) is 0.643. The molecule has 0 bridgehead atoms.